The molecule has 5 nitrogen and oxygen atoms in total. The van der Waals surface area contributed by atoms with Gasteiger partial charge >= 0.3 is 5.97 Å². The minimum Gasteiger partial charge on any atom is -0.481 e. The molecule has 1 N–H and O–H groups in total. The van der Waals surface area contributed by atoms with Crippen LogP contribution in [0.15, 0.2) is 0 Å². The number of hydrogen-bond acceptors (Lipinski definition) is 3. The van der Waals surface area contributed by atoms with Crippen molar-refractivity contribution in [3.05, 3.63) is 11.6 Å². The summed E-state index contributed by atoms with van der Waals surface area (Å²) in [5, 5.41) is 17.4. The van der Waals surface area contributed by atoms with Gasteiger partial charge < -0.3 is 9.67 Å². The normalized spacial score (nSPS) is 26.2. The summed E-state index contributed by atoms with van der Waals surface area (Å²) in [5.41, 5.74) is 0. The number of aryl methyl sites for hydroxylation is 1. The van der Waals surface area contributed by atoms with Gasteiger partial charge in [-0.15, -0.1) is 10.2 Å². The zero-order chi connectivity index (χ0) is 14.3. The highest BCUT2D eigenvalue weighted by Gasteiger charge is 2.38. The van der Waals surface area contributed by atoms with E-state index in [9.17, 15) is 13.6 Å². The third-order valence-corrected chi connectivity index (χ3v) is 4.41. The number of nitrogens with zero attached hydrogens (tertiary/aromatic N) is 3. The summed E-state index contributed by atoms with van der Waals surface area (Å²) < 4.78 is 28.3. The summed E-state index contributed by atoms with van der Waals surface area (Å²) in [7, 11) is 0. The number of fused-ring (bicyclic) bond motifs is 1. The highest BCUT2D eigenvalue weighted by molar-refractivity contribution is 5.70. The Morgan fingerprint density at radius 2 is 1.95 bits per heavy atom. The van der Waals surface area contributed by atoms with Crippen molar-refractivity contribution >= 4 is 5.97 Å². The molecule has 20 heavy (non-hydrogen) atoms. The summed E-state index contributed by atoms with van der Waals surface area (Å²) in [6, 6.07) is 0. The van der Waals surface area contributed by atoms with Crippen molar-refractivity contribution in [3.63, 3.8) is 0 Å². The monoisotopic (exact) mass is 285 g/mol. The first-order valence-electron chi connectivity index (χ1n) is 6.99. The van der Waals surface area contributed by atoms with Crippen LogP contribution < -0.4 is 0 Å². The number of aliphatic carboxylic acids is 1. The molecule has 1 aromatic rings. The lowest BCUT2D eigenvalue weighted by Crippen LogP contribution is -2.30. The lowest BCUT2D eigenvalue weighted by atomic mass is 9.86. The Morgan fingerprint density at radius 1 is 1.25 bits per heavy atom. The molecular weight excluding hydrogens is 268 g/mol. The molecule has 2 aliphatic rings. The third-order valence-electron chi connectivity index (χ3n) is 4.41. The molecule has 0 spiro atoms. The van der Waals surface area contributed by atoms with Crippen LogP contribution in [0.3, 0.4) is 0 Å². The van der Waals surface area contributed by atoms with Crippen molar-refractivity contribution in [2.75, 3.05) is 0 Å². The van der Waals surface area contributed by atoms with Gasteiger partial charge in [-0.3, -0.25) is 4.79 Å². The van der Waals surface area contributed by atoms with E-state index in [4.69, 9.17) is 5.11 Å². The molecule has 1 saturated carbocycles. The molecule has 3 rings (SSSR count). The Kier molecular flexibility index (Phi) is 3.22. The molecule has 1 atom stereocenters. The van der Waals surface area contributed by atoms with Crippen LogP contribution in [0.25, 0.3) is 0 Å². The van der Waals surface area contributed by atoms with Gasteiger partial charge in [0.2, 0.25) is 5.92 Å². The molecule has 1 unspecified atom stereocenters. The van der Waals surface area contributed by atoms with Gasteiger partial charge in [-0.25, -0.2) is 8.78 Å². The minimum absolute atomic E-state index is 0.0246. The zero-order valence-electron chi connectivity index (χ0n) is 11.1. The molecule has 0 saturated heterocycles. The first-order valence-corrected chi connectivity index (χ1v) is 6.99. The fourth-order valence-electron chi connectivity index (χ4n) is 3.15. The van der Waals surface area contributed by atoms with Crippen LogP contribution in [-0.2, 0) is 17.8 Å². The summed E-state index contributed by atoms with van der Waals surface area (Å²) in [5.74, 6) is -2.35. The topological polar surface area (TPSA) is 68.0 Å². The summed E-state index contributed by atoms with van der Waals surface area (Å²) in [6.07, 6.45) is 1.69. The first-order chi connectivity index (χ1) is 9.46. The van der Waals surface area contributed by atoms with Crippen molar-refractivity contribution in [2.45, 2.75) is 56.9 Å². The van der Waals surface area contributed by atoms with Gasteiger partial charge in [0.25, 0.3) is 0 Å². The molecular formula is C13H17F2N3O2. The van der Waals surface area contributed by atoms with Crippen LogP contribution in [0.5, 0.6) is 0 Å². The average Bonchev–Trinajstić information content (AvgIpc) is 2.81. The Bertz CT molecular complexity index is 520. The SMILES string of the molecule is O=C(O)C1CCc2nnc(C3CCC(F)(F)CC3)n2C1. The third kappa shape index (κ3) is 2.41. The summed E-state index contributed by atoms with van der Waals surface area (Å²) >= 11 is 0. The van der Waals surface area contributed by atoms with E-state index < -0.39 is 17.8 Å². The van der Waals surface area contributed by atoms with Crippen LogP contribution in [0, 0.1) is 5.92 Å². The van der Waals surface area contributed by atoms with Gasteiger partial charge in [-0.05, 0) is 19.3 Å². The van der Waals surface area contributed by atoms with E-state index in [1.165, 1.54) is 0 Å². The van der Waals surface area contributed by atoms with Crippen LogP contribution in [0.4, 0.5) is 8.78 Å². The zero-order valence-corrected chi connectivity index (χ0v) is 11.1. The quantitative estimate of drug-likeness (QED) is 0.904. The predicted octanol–water partition coefficient (Wildman–Crippen LogP) is 2.22. The van der Waals surface area contributed by atoms with Crippen LogP contribution in [0.2, 0.25) is 0 Å². The number of carboxylic acid groups (broad SMARTS) is 1. The molecule has 1 aromatic heterocycles. The number of halogens is 2. The van der Waals surface area contributed by atoms with E-state index in [2.05, 4.69) is 10.2 Å². The average molecular weight is 285 g/mol. The second-order valence-corrected chi connectivity index (χ2v) is 5.79. The fourth-order valence-corrected chi connectivity index (χ4v) is 3.15. The van der Waals surface area contributed by atoms with Crippen molar-refractivity contribution in [1.82, 2.24) is 14.8 Å². The molecule has 1 aliphatic carbocycles. The maximum atomic E-state index is 13.2. The summed E-state index contributed by atoms with van der Waals surface area (Å²) in [4.78, 5) is 11.1. The molecule has 2 heterocycles. The Morgan fingerprint density at radius 3 is 2.60 bits per heavy atom. The Balaban J connectivity index is 1.79. The van der Waals surface area contributed by atoms with Gasteiger partial charge in [0.1, 0.15) is 11.6 Å². The second-order valence-electron chi connectivity index (χ2n) is 5.79. The molecule has 1 fully saturated rings. The number of alkyl halides is 2. The molecule has 1 aliphatic heterocycles. The van der Waals surface area contributed by atoms with Crippen molar-refractivity contribution < 1.29 is 18.7 Å². The van der Waals surface area contributed by atoms with Gasteiger partial charge in [-0.2, -0.15) is 0 Å². The first kappa shape index (κ1) is 13.5. The number of aromatic nitrogens is 3. The van der Waals surface area contributed by atoms with Crippen molar-refractivity contribution in [1.29, 1.82) is 0 Å². The largest absolute Gasteiger partial charge is 0.481 e. The van der Waals surface area contributed by atoms with E-state index in [-0.39, 0.29) is 18.8 Å². The molecule has 0 amide bonds. The molecule has 0 radical (unpaired) electrons. The van der Waals surface area contributed by atoms with Crippen molar-refractivity contribution in [3.8, 4) is 0 Å². The Hall–Kier alpha value is -1.53. The molecule has 7 heteroatoms. The lowest BCUT2D eigenvalue weighted by Gasteiger charge is -2.29. The number of hydrogen-bond donors (Lipinski definition) is 1. The maximum Gasteiger partial charge on any atom is 0.308 e. The second kappa shape index (κ2) is 4.79. The Labute approximate surface area is 115 Å². The maximum absolute atomic E-state index is 13.2. The van der Waals surface area contributed by atoms with Gasteiger partial charge in [0, 0.05) is 31.7 Å². The van der Waals surface area contributed by atoms with Gasteiger partial charge in [0.15, 0.2) is 0 Å². The minimum atomic E-state index is -2.56. The lowest BCUT2D eigenvalue weighted by molar-refractivity contribution is -0.142. The molecule has 110 valence electrons. The van der Waals surface area contributed by atoms with E-state index in [0.29, 0.717) is 38.1 Å². The standard InChI is InChI=1S/C13H17F2N3O2/c14-13(15)5-3-8(4-6-13)11-17-16-10-2-1-9(12(19)20)7-18(10)11/h8-9H,1-7H2,(H,19,20). The van der Waals surface area contributed by atoms with Crippen LogP contribution >= 0.6 is 0 Å². The van der Waals surface area contributed by atoms with E-state index in [1.54, 1.807) is 0 Å². The highest BCUT2D eigenvalue weighted by atomic mass is 19.3. The summed E-state index contributed by atoms with van der Waals surface area (Å²) in [6.45, 7) is 0.361. The highest BCUT2D eigenvalue weighted by Crippen LogP contribution is 2.41. The fraction of sp³-hybridized carbons (Fsp3) is 0.769. The van der Waals surface area contributed by atoms with E-state index in [1.807, 2.05) is 4.57 Å². The van der Waals surface area contributed by atoms with E-state index >= 15 is 0 Å². The van der Waals surface area contributed by atoms with Crippen LogP contribution in [-0.4, -0.2) is 31.8 Å². The molecule has 0 aromatic carbocycles. The predicted molar refractivity (Wildman–Crippen MR) is 65.6 cm³/mol. The van der Waals surface area contributed by atoms with Crippen LogP contribution in [0.1, 0.15) is 49.7 Å². The van der Waals surface area contributed by atoms with Crippen molar-refractivity contribution in [2.24, 2.45) is 5.92 Å². The van der Waals surface area contributed by atoms with Gasteiger partial charge in [-0.1, -0.05) is 0 Å². The van der Waals surface area contributed by atoms with E-state index in [0.717, 1.165) is 5.82 Å². The number of rotatable bonds is 2. The van der Waals surface area contributed by atoms with Gasteiger partial charge in [0.05, 0.1) is 5.92 Å². The number of carboxylic acids is 1. The molecule has 0 bridgehead atoms. The number of carbonyl (C=O) groups is 1. The smallest absolute Gasteiger partial charge is 0.308 e.